The van der Waals surface area contributed by atoms with Crippen LogP contribution >= 0.6 is 11.3 Å². The topological polar surface area (TPSA) is 128 Å². The zero-order valence-electron chi connectivity index (χ0n) is 20.7. The molecule has 1 unspecified atom stereocenters. The first-order chi connectivity index (χ1) is 17.0. The Bertz CT molecular complexity index is 1290. The number of anilines is 2. The van der Waals surface area contributed by atoms with Crippen LogP contribution in [0.5, 0.6) is 0 Å². The highest BCUT2D eigenvalue weighted by atomic mass is 32.1. The number of benzene rings is 1. The van der Waals surface area contributed by atoms with Crippen molar-refractivity contribution < 1.29 is 20.1 Å². The van der Waals surface area contributed by atoms with E-state index >= 15 is 0 Å². The van der Waals surface area contributed by atoms with Gasteiger partial charge in [-0.15, -0.1) is 11.3 Å². The van der Waals surface area contributed by atoms with E-state index in [-0.39, 0.29) is 0 Å². The second kappa shape index (κ2) is 9.21. The summed E-state index contributed by atoms with van der Waals surface area (Å²) >= 11 is 1.44. The minimum atomic E-state index is -1.14. The van der Waals surface area contributed by atoms with Gasteiger partial charge >= 0.3 is 5.97 Å². The fourth-order valence-corrected chi connectivity index (χ4v) is 6.40. The molecule has 4 N–H and O–H groups in total. The molecule has 190 valence electrons. The van der Waals surface area contributed by atoms with Crippen LogP contribution in [0.4, 0.5) is 11.6 Å². The number of hydrogen-bond acceptors (Lipinski definition) is 8. The summed E-state index contributed by atoms with van der Waals surface area (Å²) in [5, 5.41) is 35.3. The number of aryl methyl sites for hydroxylation is 1. The molecule has 0 spiro atoms. The van der Waals surface area contributed by atoms with Crippen molar-refractivity contribution in [2.45, 2.75) is 64.6 Å². The van der Waals surface area contributed by atoms with Crippen LogP contribution in [0.2, 0.25) is 0 Å². The van der Waals surface area contributed by atoms with Gasteiger partial charge in [-0.05, 0) is 79.7 Å². The summed E-state index contributed by atoms with van der Waals surface area (Å²) in [5.41, 5.74) is 1.77. The van der Waals surface area contributed by atoms with E-state index in [4.69, 9.17) is 0 Å². The molecular weight excluding hydrogens is 476 g/mol. The van der Waals surface area contributed by atoms with Gasteiger partial charge in [-0.1, -0.05) is 19.9 Å². The van der Waals surface area contributed by atoms with Gasteiger partial charge in [0.15, 0.2) is 0 Å². The number of nitrogens with one attached hydrogen (secondary N) is 1. The van der Waals surface area contributed by atoms with Gasteiger partial charge in [0.2, 0.25) is 5.95 Å². The SMILES string of the molecule is Cc1cc(Nc2nccc(C(O)C3CC3)n2)cc(-c2cnc([C@@]3(O)CC[C@H](C(=O)O)C(C)(C)C3)s2)c1. The smallest absolute Gasteiger partial charge is 0.307 e. The molecule has 0 aliphatic heterocycles. The maximum atomic E-state index is 11.7. The quantitative estimate of drug-likeness (QED) is 0.343. The van der Waals surface area contributed by atoms with Crippen LogP contribution in [0, 0.1) is 24.2 Å². The Morgan fingerprint density at radius 2 is 1.97 bits per heavy atom. The van der Waals surface area contributed by atoms with Crippen LogP contribution in [-0.4, -0.2) is 36.2 Å². The van der Waals surface area contributed by atoms with Crippen molar-refractivity contribution in [3.63, 3.8) is 0 Å². The summed E-state index contributed by atoms with van der Waals surface area (Å²) in [6.07, 6.45) is 6.07. The molecule has 1 aromatic carbocycles. The van der Waals surface area contributed by atoms with Crippen LogP contribution in [0.25, 0.3) is 10.4 Å². The first kappa shape index (κ1) is 24.8. The van der Waals surface area contributed by atoms with Gasteiger partial charge in [0, 0.05) is 18.1 Å². The Kier molecular flexibility index (Phi) is 6.34. The van der Waals surface area contributed by atoms with E-state index in [1.165, 1.54) is 11.3 Å². The number of thiazole rings is 1. The Morgan fingerprint density at radius 1 is 1.19 bits per heavy atom. The van der Waals surface area contributed by atoms with E-state index in [1.54, 1.807) is 18.5 Å². The van der Waals surface area contributed by atoms with Gasteiger partial charge < -0.3 is 20.6 Å². The lowest BCUT2D eigenvalue weighted by molar-refractivity contribution is -0.154. The fraction of sp³-hybridized carbons (Fsp3) is 0.481. The van der Waals surface area contributed by atoms with Gasteiger partial charge in [-0.3, -0.25) is 4.79 Å². The number of rotatable bonds is 7. The number of hydrogen-bond donors (Lipinski definition) is 4. The first-order valence-electron chi connectivity index (χ1n) is 12.4. The number of carboxylic acids is 1. The number of aromatic nitrogens is 3. The second-order valence-electron chi connectivity index (χ2n) is 11.0. The van der Waals surface area contributed by atoms with Gasteiger partial charge in [-0.2, -0.15) is 0 Å². The molecule has 0 radical (unpaired) electrons. The standard InChI is InChI=1S/C27H32N4O4S/c1-15-10-17(12-18(11-15)30-25-28-9-7-20(31-25)22(32)16-4-5-16)21-13-29-24(36-21)27(35)8-6-19(23(33)34)26(2,3)14-27/h7,9-13,16,19,22,32,35H,4-6,8,14H2,1-3H3,(H,33,34)(H,28,30,31)/t19-,22?,27-/m1/s1. The van der Waals surface area contributed by atoms with Gasteiger partial charge in [0.05, 0.1) is 22.6 Å². The summed E-state index contributed by atoms with van der Waals surface area (Å²) in [6.45, 7) is 5.82. The van der Waals surface area contributed by atoms with Crippen LogP contribution in [0.1, 0.15) is 68.3 Å². The first-order valence-corrected chi connectivity index (χ1v) is 13.2. The molecule has 2 heterocycles. The van der Waals surface area contributed by atoms with Crippen LogP contribution in [0.15, 0.2) is 36.7 Å². The van der Waals surface area contributed by atoms with Crippen LogP contribution < -0.4 is 5.32 Å². The van der Waals surface area contributed by atoms with Crippen molar-refractivity contribution in [3.05, 3.63) is 52.9 Å². The molecule has 2 fully saturated rings. The Hall–Kier alpha value is -2.88. The second-order valence-corrected chi connectivity index (χ2v) is 12.0. The van der Waals surface area contributed by atoms with E-state index in [1.807, 2.05) is 32.9 Å². The normalized spacial score (nSPS) is 24.3. The summed E-state index contributed by atoms with van der Waals surface area (Å²) in [4.78, 5) is 26.0. The van der Waals surface area contributed by atoms with Crippen LogP contribution in [0.3, 0.4) is 0 Å². The van der Waals surface area contributed by atoms with E-state index < -0.39 is 29.0 Å². The van der Waals surface area contributed by atoms with Crippen molar-refractivity contribution in [1.29, 1.82) is 0 Å². The average molecular weight is 509 g/mol. The van der Waals surface area contributed by atoms with E-state index in [0.717, 1.165) is 34.5 Å². The van der Waals surface area contributed by atoms with E-state index in [0.29, 0.717) is 41.8 Å². The predicted octanol–water partition coefficient (Wildman–Crippen LogP) is 5.19. The number of carbonyl (C=O) groups is 1. The molecule has 36 heavy (non-hydrogen) atoms. The summed E-state index contributed by atoms with van der Waals surface area (Å²) in [7, 11) is 0. The molecule has 3 atom stereocenters. The van der Waals surface area contributed by atoms with Crippen molar-refractivity contribution in [2.24, 2.45) is 17.3 Å². The number of nitrogens with zero attached hydrogens (tertiary/aromatic N) is 3. The minimum Gasteiger partial charge on any atom is -0.481 e. The summed E-state index contributed by atoms with van der Waals surface area (Å²) in [6, 6.07) is 7.81. The largest absolute Gasteiger partial charge is 0.481 e. The van der Waals surface area contributed by atoms with E-state index in [9.17, 15) is 20.1 Å². The average Bonchev–Trinajstić information content (AvgIpc) is 3.52. The Labute approximate surface area is 214 Å². The molecule has 8 nitrogen and oxygen atoms in total. The molecule has 2 aromatic heterocycles. The fourth-order valence-electron chi connectivity index (χ4n) is 5.38. The predicted molar refractivity (Wildman–Crippen MR) is 138 cm³/mol. The molecule has 0 saturated heterocycles. The summed E-state index contributed by atoms with van der Waals surface area (Å²) in [5.74, 6) is -0.564. The minimum absolute atomic E-state index is 0.290. The van der Waals surface area contributed by atoms with Crippen molar-refractivity contribution in [3.8, 4) is 10.4 Å². The molecule has 3 aromatic rings. The maximum Gasteiger partial charge on any atom is 0.307 e. The number of carboxylic acid groups (broad SMARTS) is 1. The zero-order chi connectivity index (χ0) is 25.7. The monoisotopic (exact) mass is 508 g/mol. The van der Waals surface area contributed by atoms with Crippen molar-refractivity contribution >= 4 is 28.9 Å². The lowest BCUT2D eigenvalue weighted by Gasteiger charge is -2.44. The molecule has 2 aliphatic carbocycles. The molecule has 2 aliphatic rings. The number of aliphatic carboxylic acids is 1. The van der Waals surface area contributed by atoms with Crippen molar-refractivity contribution in [2.75, 3.05) is 5.32 Å². The molecular formula is C27H32N4O4S. The van der Waals surface area contributed by atoms with Gasteiger partial charge in [0.1, 0.15) is 10.6 Å². The zero-order valence-corrected chi connectivity index (χ0v) is 21.5. The van der Waals surface area contributed by atoms with Crippen LogP contribution in [-0.2, 0) is 10.4 Å². The van der Waals surface area contributed by atoms with Crippen molar-refractivity contribution in [1.82, 2.24) is 15.0 Å². The molecule has 0 bridgehead atoms. The summed E-state index contributed by atoms with van der Waals surface area (Å²) < 4.78 is 0. The number of aliphatic hydroxyl groups excluding tert-OH is 1. The lowest BCUT2D eigenvalue weighted by Crippen LogP contribution is -2.44. The Balaban J connectivity index is 1.37. The molecule has 2 saturated carbocycles. The number of aliphatic hydroxyl groups is 2. The Morgan fingerprint density at radius 3 is 2.67 bits per heavy atom. The molecule has 9 heteroatoms. The highest BCUT2D eigenvalue weighted by Crippen LogP contribution is 2.51. The third-order valence-corrected chi connectivity index (χ3v) is 8.65. The maximum absolute atomic E-state index is 11.7. The highest BCUT2D eigenvalue weighted by molar-refractivity contribution is 7.15. The molecule has 0 amide bonds. The third kappa shape index (κ3) is 5.00. The van der Waals surface area contributed by atoms with E-state index in [2.05, 4.69) is 26.3 Å². The lowest BCUT2D eigenvalue weighted by atomic mass is 9.63. The third-order valence-electron chi connectivity index (χ3n) is 7.41. The van der Waals surface area contributed by atoms with Gasteiger partial charge in [-0.25, -0.2) is 15.0 Å². The molecule has 5 rings (SSSR count). The highest BCUT2D eigenvalue weighted by Gasteiger charge is 2.49. The van der Waals surface area contributed by atoms with Gasteiger partial charge in [0.25, 0.3) is 0 Å².